The Bertz CT molecular complexity index is 1170. The summed E-state index contributed by atoms with van der Waals surface area (Å²) in [6.45, 7) is 0.245. The summed E-state index contributed by atoms with van der Waals surface area (Å²) >= 11 is 0. The first-order chi connectivity index (χ1) is 13.5. The number of nitro groups is 1. The van der Waals surface area contributed by atoms with Crippen molar-refractivity contribution in [2.45, 2.75) is 13.0 Å². The van der Waals surface area contributed by atoms with E-state index >= 15 is 0 Å². The van der Waals surface area contributed by atoms with Crippen molar-refractivity contribution in [3.05, 3.63) is 80.9 Å². The van der Waals surface area contributed by atoms with E-state index in [9.17, 15) is 19.7 Å². The highest BCUT2D eigenvalue weighted by Crippen LogP contribution is 2.17. The number of nitro benzene ring substituents is 1. The van der Waals surface area contributed by atoms with Crippen LogP contribution < -0.4 is 5.56 Å². The van der Waals surface area contributed by atoms with Crippen LogP contribution in [0.5, 0.6) is 0 Å². The first kappa shape index (κ1) is 17.5. The third kappa shape index (κ3) is 3.25. The third-order valence-electron chi connectivity index (χ3n) is 4.52. The minimum Gasteiger partial charge on any atom is -0.289 e. The molecule has 0 atom stereocenters. The number of carbonyl (C=O) groups is 1. The molecule has 0 N–H and O–H groups in total. The van der Waals surface area contributed by atoms with Crippen molar-refractivity contribution in [3.8, 4) is 0 Å². The van der Waals surface area contributed by atoms with Crippen LogP contribution in [0.4, 0.5) is 5.69 Å². The van der Waals surface area contributed by atoms with Crippen LogP contribution in [0.25, 0.3) is 10.9 Å². The SMILES string of the molecule is O=C(Cn1cnc2cc([N+](=O)[O-])ccc2c1=O)N1CCC(c2ccccc2)=N1. The topological polar surface area (TPSA) is 111 Å². The van der Waals surface area contributed by atoms with Crippen molar-refractivity contribution in [3.63, 3.8) is 0 Å². The molecule has 0 radical (unpaired) electrons. The zero-order chi connectivity index (χ0) is 19.7. The van der Waals surface area contributed by atoms with Crippen molar-refractivity contribution in [1.82, 2.24) is 14.6 Å². The number of hydrazone groups is 1. The van der Waals surface area contributed by atoms with E-state index < -0.39 is 10.5 Å². The Balaban J connectivity index is 1.56. The molecule has 4 rings (SSSR count). The molecule has 140 valence electrons. The molecular weight excluding hydrogens is 362 g/mol. The van der Waals surface area contributed by atoms with E-state index in [1.165, 1.54) is 34.1 Å². The average Bonchev–Trinajstić information content (AvgIpc) is 3.21. The minimum absolute atomic E-state index is 0.145. The van der Waals surface area contributed by atoms with E-state index in [2.05, 4.69) is 10.1 Å². The normalized spacial score (nSPS) is 13.6. The van der Waals surface area contributed by atoms with Gasteiger partial charge in [0, 0.05) is 18.6 Å². The number of benzene rings is 2. The van der Waals surface area contributed by atoms with Crippen LogP contribution in [0.3, 0.4) is 0 Å². The number of hydrogen-bond donors (Lipinski definition) is 0. The Kier molecular flexibility index (Phi) is 4.40. The monoisotopic (exact) mass is 377 g/mol. The van der Waals surface area contributed by atoms with E-state index in [1.807, 2.05) is 30.3 Å². The molecule has 2 aromatic carbocycles. The molecule has 0 saturated heterocycles. The number of fused-ring (bicyclic) bond motifs is 1. The molecule has 0 unspecified atom stereocenters. The lowest BCUT2D eigenvalue weighted by Crippen LogP contribution is -2.32. The summed E-state index contributed by atoms with van der Waals surface area (Å²) in [5.41, 5.74) is 1.43. The lowest BCUT2D eigenvalue weighted by atomic mass is 10.1. The van der Waals surface area contributed by atoms with Gasteiger partial charge >= 0.3 is 0 Å². The average molecular weight is 377 g/mol. The summed E-state index contributed by atoms with van der Waals surface area (Å²) in [6, 6.07) is 13.4. The number of rotatable bonds is 4. The maximum atomic E-state index is 12.6. The summed E-state index contributed by atoms with van der Waals surface area (Å²) in [7, 11) is 0. The quantitative estimate of drug-likeness (QED) is 0.510. The molecule has 2 heterocycles. The molecule has 1 aliphatic rings. The third-order valence-corrected chi connectivity index (χ3v) is 4.52. The highest BCUT2D eigenvalue weighted by atomic mass is 16.6. The Morgan fingerprint density at radius 3 is 2.71 bits per heavy atom. The molecule has 1 amide bonds. The van der Waals surface area contributed by atoms with Gasteiger partial charge in [0.1, 0.15) is 6.54 Å². The molecule has 0 fully saturated rings. The van der Waals surface area contributed by atoms with Gasteiger partial charge in [0.05, 0.1) is 34.4 Å². The van der Waals surface area contributed by atoms with Crippen molar-refractivity contribution in [2.75, 3.05) is 6.54 Å². The molecular formula is C19H15N5O4. The highest BCUT2D eigenvalue weighted by Gasteiger charge is 2.22. The summed E-state index contributed by atoms with van der Waals surface area (Å²) in [6.07, 6.45) is 1.87. The molecule has 0 spiro atoms. The second-order valence-electron chi connectivity index (χ2n) is 6.32. The molecule has 9 heteroatoms. The molecule has 0 aliphatic carbocycles. The molecule has 0 bridgehead atoms. The molecule has 0 saturated carbocycles. The van der Waals surface area contributed by atoms with Crippen LogP contribution in [0.2, 0.25) is 0 Å². The summed E-state index contributed by atoms with van der Waals surface area (Å²) < 4.78 is 1.19. The summed E-state index contributed by atoms with van der Waals surface area (Å²) in [5, 5.41) is 16.8. The number of amides is 1. The van der Waals surface area contributed by atoms with Gasteiger partial charge in [-0.3, -0.25) is 24.3 Å². The Labute approximate surface area is 158 Å². The van der Waals surface area contributed by atoms with Crippen molar-refractivity contribution < 1.29 is 9.72 Å². The predicted molar refractivity (Wildman–Crippen MR) is 102 cm³/mol. The maximum absolute atomic E-state index is 12.6. The number of aromatic nitrogens is 2. The lowest BCUT2D eigenvalue weighted by molar-refractivity contribution is -0.384. The smallest absolute Gasteiger partial charge is 0.271 e. The largest absolute Gasteiger partial charge is 0.289 e. The van der Waals surface area contributed by atoms with Crippen molar-refractivity contribution in [2.24, 2.45) is 5.10 Å². The fourth-order valence-electron chi connectivity index (χ4n) is 3.07. The van der Waals surface area contributed by atoms with Gasteiger partial charge in [-0.25, -0.2) is 9.99 Å². The molecule has 28 heavy (non-hydrogen) atoms. The molecule has 1 aliphatic heterocycles. The second-order valence-corrected chi connectivity index (χ2v) is 6.32. The van der Waals surface area contributed by atoms with E-state index in [1.54, 1.807) is 0 Å². The van der Waals surface area contributed by atoms with Gasteiger partial charge in [-0.2, -0.15) is 5.10 Å². The van der Waals surface area contributed by atoms with Crippen LogP contribution in [0, 0.1) is 10.1 Å². The predicted octanol–water partition coefficient (Wildman–Crippen LogP) is 1.94. The van der Waals surface area contributed by atoms with Gasteiger partial charge in [0.15, 0.2) is 0 Å². The molecule has 1 aromatic heterocycles. The van der Waals surface area contributed by atoms with Gasteiger partial charge < -0.3 is 0 Å². The number of nitrogens with zero attached hydrogens (tertiary/aromatic N) is 5. The Morgan fingerprint density at radius 2 is 1.96 bits per heavy atom. The molecule has 3 aromatic rings. The summed E-state index contributed by atoms with van der Waals surface area (Å²) in [4.78, 5) is 39.5. The summed E-state index contributed by atoms with van der Waals surface area (Å²) in [5.74, 6) is -0.323. The van der Waals surface area contributed by atoms with Gasteiger partial charge in [0.2, 0.25) is 0 Å². The number of hydrogen-bond acceptors (Lipinski definition) is 6. The van der Waals surface area contributed by atoms with Crippen molar-refractivity contribution >= 4 is 28.2 Å². The Morgan fingerprint density at radius 1 is 1.18 bits per heavy atom. The number of carbonyl (C=O) groups excluding carboxylic acids is 1. The molecule has 9 nitrogen and oxygen atoms in total. The van der Waals surface area contributed by atoms with Gasteiger partial charge in [-0.05, 0) is 11.6 Å². The van der Waals surface area contributed by atoms with E-state index in [4.69, 9.17) is 0 Å². The fraction of sp³-hybridized carbons (Fsp3) is 0.158. The number of non-ortho nitro benzene ring substituents is 1. The first-order valence-corrected chi connectivity index (χ1v) is 8.60. The first-order valence-electron chi connectivity index (χ1n) is 8.60. The van der Waals surface area contributed by atoms with Gasteiger partial charge in [-0.1, -0.05) is 30.3 Å². The lowest BCUT2D eigenvalue weighted by Gasteiger charge is -2.12. The van der Waals surface area contributed by atoms with Crippen LogP contribution in [-0.2, 0) is 11.3 Å². The van der Waals surface area contributed by atoms with Crippen LogP contribution in [0.15, 0.2) is 64.8 Å². The van der Waals surface area contributed by atoms with Crippen molar-refractivity contribution in [1.29, 1.82) is 0 Å². The zero-order valence-electron chi connectivity index (χ0n) is 14.7. The standard InChI is InChI=1S/C19H15N5O4/c25-18(23-9-8-16(21-23)13-4-2-1-3-5-13)11-22-12-20-17-10-14(24(27)28)6-7-15(17)19(22)26/h1-7,10,12H,8-9,11H2. The van der Waals surface area contributed by atoms with Gasteiger partial charge in [-0.15, -0.1) is 0 Å². The maximum Gasteiger partial charge on any atom is 0.271 e. The zero-order valence-corrected chi connectivity index (χ0v) is 14.7. The van der Waals surface area contributed by atoms with E-state index in [-0.39, 0.29) is 29.0 Å². The van der Waals surface area contributed by atoms with E-state index in [0.717, 1.165) is 11.3 Å². The second kappa shape index (κ2) is 7.03. The Hall–Kier alpha value is -3.88. The minimum atomic E-state index is -0.550. The van der Waals surface area contributed by atoms with Crippen LogP contribution in [-0.4, -0.2) is 37.6 Å². The van der Waals surface area contributed by atoms with E-state index in [0.29, 0.717) is 13.0 Å². The van der Waals surface area contributed by atoms with Crippen LogP contribution >= 0.6 is 0 Å². The van der Waals surface area contributed by atoms with Crippen LogP contribution in [0.1, 0.15) is 12.0 Å². The fourth-order valence-corrected chi connectivity index (χ4v) is 3.07. The van der Waals surface area contributed by atoms with Gasteiger partial charge in [0.25, 0.3) is 17.2 Å². The highest BCUT2D eigenvalue weighted by molar-refractivity contribution is 6.02.